The van der Waals surface area contributed by atoms with Gasteiger partial charge in [0.25, 0.3) is 0 Å². The molecule has 0 saturated heterocycles. The maximum absolute atomic E-state index is 5.46. The van der Waals surface area contributed by atoms with Gasteiger partial charge in [-0.3, -0.25) is 0 Å². The van der Waals surface area contributed by atoms with Gasteiger partial charge in [-0.1, -0.05) is 12.1 Å². The molecule has 1 aromatic carbocycles. The van der Waals surface area contributed by atoms with Crippen molar-refractivity contribution in [1.82, 2.24) is 9.97 Å². The van der Waals surface area contributed by atoms with Crippen LogP contribution in [-0.4, -0.2) is 23.7 Å². The molecule has 0 aliphatic heterocycles. The van der Waals surface area contributed by atoms with Crippen LogP contribution in [0.4, 0.5) is 0 Å². The second-order valence-corrected chi connectivity index (χ2v) is 4.18. The summed E-state index contributed by atoms with van der Waals surface area (Å²) >= 11 is 0. The first-order chi connectivity index (χ1) is 9.83. The van der Waals surface area contributed by atoms with Crippen molar-refractivity contribution in [3.8, 4) is 5.75 Å². The average molecular weight is 270 g/mol. The molecule has 0 atom stereocenters. The van der Waals surface area contributed by atoms with E-state index < -0.39 is 0 Å². The normalized spacial score (nSPS) is 10.9. The lowest BCUT2D eigenvalue weighted by Gasteiger charge is -2.09. The van der Waals surface area contributed by atoms with E-state index in [1.54, 1.807) is 13.3 Å². The van der Waals surface area contributed by atoms with Crippen LogP contribution in [0.3, 0.4) is 0 Å². The highest BCUT2D eigenvalue weighted by atomic mass is 16.5. The number of nitrogens with zero attached hydrogens (tertiary/aromatic N) is 2. The largest absolute Gasteiger partial charge is 0.496 e. The number of ether oxygens (including phenoxy) is 2. The molecule has 0 spiro atoms. The Morgan fingerprint density at radius 2 is 2.10 bits per heavy atom. The summed E-state index contributed by atoms with van der Waals surface area (Å²) in [6, 6.07) is 7.88. The molecule has 4 heteroatoms. The van der Waals surface area contributed by atoms with Gasteiger partial charge in [0.2, 0.25) is 0 Å². The Kier molecular flexibility index (Phi) is 5.26. The Balaban J connectivity index is 2.18. The van der Waals surface area contributed by atoms with Crippen molar-refractivity contribution in [2.75, 3.05) is 13.7 Å². The van der Waals surface area contributed by atoms with Crippen LogP contribution in [0.15, 0.2) is 36.8 Å². The van der Waals surface area contributed by atoms with Crippen LogP contribution in [-0.2, 0) is 11.3 Å². The molecule has 2 aromatic rings. The van der Waals surface area contributed by atoms with Crippen LogP contribution in [0.2, 0.25) is 0 Å². The maximum Gasteiger partial charge on any atom is 0.124 e. The molecule has 0 bridgehead atoms. The van der Waals surface area contributed by atoms with Gasteiger partial charge in [0.15, 0.2) is 0 Å². The minimum atomic E-state index is 0.550. The van der Waals surface area contributed by atoms with E-state index in [1.165, 1.54) is 6.33 Å². The van der Waals surface area contributed by atoms with Crippen LogP contribution in [0.25, 0.3) is 12.2 Å². The van der Waals surface area contributed by atoms with Crippen LogP contribution in [0, 0.1) is 0 Å². The summed E-state index contributed by atoms with van der Waals surface area (Å²) in [5.74, 6) is 0.845. The predicted octanol–water partition coefficient (Wildman–Crippen LogP) is 3.19. The first-order valence-corrected chi connectivity index (χ1v) is 6.52. The zero-order valence-corrected chi connectivity index (χ0v) is 11.7. The van der Waals surface area contributed by atoms with Gasteiger partial charge in [-0.05, 0) is 36.8 Å². The third-order valence-electron chi connectivity index (χ3n) is 2.82. The van der Waals surface area contributed by atoms with Crippen molar-refractivity contribution in [1.29, 1.82) is 0 Å². The molecule has 104 valence electrons. The molecule has 0 saturated carbocycles. The first kappa shape index (κ1) is 14.2. The summed E-state index contributed by atoms with van der Waals surface area (Å²) in [6.45, 7) is 3.21. The van der Waals surface area contributed by atoms with Crippen LogP contribution < -0.4 is 4.74 Å². The summed E-state index contributed by atoms with van der Waals surface area (Å²) in [5.41, 5.74) is 3.00. The highest BCUT2D eigenvalue weighted by Crippen LogP contribution is 2.21. The fraction of sp³-hybridized carbons (Fsp3) is 0.250. The van der Waals surface area contributed by atoms with Crippen LogP contribution >= 0.6 is 0 Å². The van der Waals surface area contributed by atoms with Gasteiger partial charge in [-0.25, -0.2) is 9.97 Å². The zero-order chi connectivity index (χ0) is 14.2. The lowest BCUT2D eigenvalue weighted by atomic mass is 10.1. The summed E-state index contributed by atoms with van der Waals surface area (Å²) < 4.78 is 10.8. The molecule has 0 aliphatic carbocycles. The maximum atomic E-state index is 5.46. The van der Waals surface area contributed by atoms with E-state index >= 15 is 0 Å². The molecular formula is C16H18N2O2. The Bertz CT molecular complexity index is 568. The molecule has 1 heterocycles. The van der Waals surface area contributed by atoms with Gasteiger partial charge >= 0.3 is 0 Å². The molecule has 0 radical (unpaired) electrons. The molecule has 20 heavy (non-hydrogen) atoms. The predicted molar refractivity (Wildman–Crippen MR) is 79.3 cm³/mol. The average Bonchev–Trinajstić information content (AvgIpc) is 2.52. The second kappa shape index (κ2) is 7.40. The molecule has 0 unspecified atom stereocenters. The molecular weight excluding hydrogens is 252 g/mol. The third kappa shape index (κ3) is 3.90. The molecule has 1 aromatic heterocycles. The van der Waals surface area contributed by atoms with E-state index in [9.17, 15) is 0 Å². The fourth-order valence-electron chi connectivity index (χ4n) is 1.81. The number of methoxy groups -OCH3 is 1. The molecule has 4 nitrogen and oxygen atoms in total. The van der Waals surface area contributed by atoms with E-state index in [1.807, 2.05) is 37.3 Å². The Morgan fingerprint density at radius 1 is 1.20 bits per heavy atom. The highest BCUT2D eigenvalue weighted by molar-refractivity contribution is 5.68. The standard InChI is InChI=1S/C16H18N2O2/c1-3-20-11-14-10-13(5-7-16(14)19-2)4-6-15-8-9-17-12-18-15/h4-10,12H,3,11H2,1-2H3/b6-4+. The lowest BCUT2D eigenvalue weighted by molar-refractivity contribution is 0.132. The molecule has 0 amide bonds. The molecule has 2 rings (SSSR count). The minimum Gasteiger partial charge on any atom is -0.496 e. The van der Waals surface area contributed by atoms with E-state index in [0.717, 1.165) is 22.6 Å². The van der Waals surface area contributed by atoms with E-state index in [4.69, 9.17) is 9.47 Å². The zero-order valence-electron chi connectivity index (χ0n) is 11.7. The van der Waals surface area contributed by atoms with Gasteiger partial charge in [-0.2, -0.15) is 0 Å². The topological polar surface area (TPSA) is 44.2 Å². The van der Waals surface area contributed by atoms with Gasteiger partial charge in [0.05, 0.1) is 19.4 Å². The van der Waals surface area contributed by atoms with Gasteiger partial charge in [0.1, 0.15) is 12.1 Å². The lowest BCUT2D eigenvalue weighted by Crippen LogP contribution is -1.96. The smallest absolute Gasteiger partial charge is 0.124 e. The Labute approximate surface area is 119 Å². The van der Waals surface area contributed by atoms with Crippen molar-refractivity contribution in [3.63, 3.8) is 0 Å². The Hall–Kier alpha value is -2.20. The molecule has 0 N–H and O–H groups in total. The van der Waals surface area contributed by atoms with Crippen molar-refractivity contribution >= 4 is 12.2 Å². The third-order valence-corrected chi connectivity index (χ3v) is 2.82. The number of aromatic nitrogens is 2. The minimum absolute atomic E-state index is 0.550. The van der Waals surface area contributed by atoms with E-state index in [-0.39, 0.29) is 0 Å². The summed E-state index contributed by atoms with van der Waals surface area (Å²) in [4.78, 5) is 8.05. The molecule has 0 fully saturated rings. The molecule has 0 aliphatic rings. The fourth-order valence-corrected chi connectivity index (χ4v) is 1.81. The van der Waals surface area contributed by atoms with Crippen molar-refractivity contribution < 1.29 is 9.47 Å². The quantitative estimate of drug-likeness (QED) is 0.808. The number of hydrogen-bond acceptors (Lipinski definition) is 4. The Morgan fingerprint density at radius 3 is 2.80 bits per heavy atom. The first-order valence-electron chi connectivity index (χ1n) is 6.52. The van der Waals surface area contributed by atoms with Gasteiger partial charge in [0, 0.05) is 18.4 Å². The van der Waals surface area contributed by atoms with Crippen LogP contribution in [0.5, 0.6) is 5.75 Å². The summed E-state index contributed by atoms with van der Waals surface area (Å²) in [5, 5.41) is 0. The van der Waals surface area contributed by atoms with Crippen molar-refractivity contribution in [2.24, 2.45) is 0 Å². The number of hydrogen-bond donors (Lipinski definition) is 0. The monoisotopic (exact) mass is 270 g/mol. The SMILES string of the molecule is CCOCc1cc(/C=C/c2ccncn2)ccc1OC. The van der Waals surface area contributed by atoms with Gasteiger partial charge < -0.3 is 9.47 Å². The number of rotatable bonds is 6. The number of benzene rings is 1. The van der Waals surface area contributed by atoms with E-state index in [0.29, 0.717) is 13.2 Å². The highest BCUT2D eigenvalue weighted by Gasteiger charge is 2.03. The van der Waals surface area contributed by atoms with Gasteiger partial charge in [-0.15, -0.1) is 0 Å². The summed E-state index contributed by atoms with van der Waals surface area (Å²) in [7, 11) is 1.67. The van der Waals surface area contributed by atoms with E-state index in [2.05, 4.69) is 16.0 Å². The second-order valence-electron chi connectivity index (χ2n) is 4.18. The van der Waals surface area contributed by atoms with Crippen LogP contribution in [0.1, 0.15) is 23.7 Å². The van der Waals surface area contributed by atoms with Crippen molar-refractivity contribution in [2.45, 2.75) is 13.5 Å². The van der Waals surface area contributed by atoms with Crippen molar-refractivity contribution in [3.05, 3.63) is 53.6 Å². The summed E-state index contributed by atoms with van der Waals surface area (Å²) in [6.07, 6.45) is 7.22.